The molecule has 1 fully saturated rings. The zero-order chi connectivity index (χ0) is 17.4. The number of carbonyl (C=O) groups excluding carboxylic acids is 1. The summed E-state index contributed by atoms with van der Waals surface area (Å²) in [5.41, 5.74) is 3.85. The van der Waals surface area contributed by atoms with Crippen LogP contribution in [0.15, 0.2) is 48.5 Å². The number of benzene rings is 2. The largest absolute Gasteiger partial charge is 0.448 e. The fraction of sp³-hybridized carbons (Fsp3) is 0.350. The topological polar surface area (TPSA) is 59.0 Å². The summed E-state index contributed by atoms with van der Waals surface area (Å²) in [6.07, 6.45) is -0.386. The zero-order valence-electron chi connectivity index (χ0n) is 14.1. The van der Waals surface area contributed by atoms with Gasteiger partial charge in [-0.05, 0) is 22.3 Å². The highest BCUT2D eigenvalue weighted by molar-refractivity contribution is 5.79. The molecule has 1 amide bonds. The summed E-state index contributed by atoms with van der Waals surface area (Å²) in [5.74, 6) is 0.0514. The Morgan fingerprint density at radius 3 is 2.24 bits per heavy atom. The second kappa shape index (κ2) is 6.17. The molecule has 0 bridgehead atoms. The van der Waals surface area contributed by atoms with Crippen LogP contribution in [-0.4, -0.2) is 55.1 Å². The molecule has 0 unspecified atom stereocenters. The van der Waals surface area contributed by atoms with Crippen LogP contribution < -0.4 is 0 Å². The van der Waals surface area contributed by atoms with E-state index in [-0.39, 0.29) is 31.7 Å². The Bertz CT molecular complexity index is 752. The lowest BCUT2D eigenvalue weighted by atomic mass is 9.96. The van der Waals surface area contributed by atoms with E-state index in [2.05, 4.69) is 24.3 Å². The zero-order valence-corrected chi connectivity index (χ0v) is 14.1. The summed E-state index contributed by atoms with van der Waals surface area (Å²) in [4.78, 5) is 13.8. The van der Waals surface area contributed by atoms with Gasteiger partial charge in [-0.2, -0.15) is 0 Å². The summed E-state index contributed by atoms with van der Waals surface area (Å²) in [5, 5.41) is 10.1. The standard InChI is InChI=1S/C20H21NO4/c1-24-13-20(23)11-21(12-20)19(22)25-10-18-16-8-4-2-6-14(16)15-7-3-5-9-17(15)18/h2-9,18,23H,10-13H2,1H3. The lowest BCUT2D eigenvalue weighted by Gasteiger charge is -2.45. The fourth-order valence-corrected chi connectivity index (χ4v) is 3.84. The molecule has 25 heavy (non-hydrogen) atoms. The number of aliphatic hydroxyl groups is 1. The van der Waals surface area contributed by atoms with Crippen molar-refractivity contribution in [2.75, 3.05) is 33.4 Å². The molecule has 1 saturated heterocycles. The first-order chi connectivity index (χ1) is 12.1. The van der Waals surface area contributed by atoms with Crippen molar-refractivity contribution in [1.82, 2.24) is 4.90 Å². The molecule has 1 heterocycles. The minimum atomic E-state index is -0.944. The predicted octanol–water partition coefficient (Wildman–Crippen LogP) is 2.63. The van der Waals surface area contributed by atoms with Gasteiger partial charge in [-0.15, -0.1) is 0 Å². The maximum Gasteiger partial charge on any atom is 0.409 e. The van der Waals surface area contributed by atoms with Gasteiger partial charge in [-0.25, -0.2) is 4.79 Å². The molecule has 130 valence electrons. The van der Waals surface area contributed by atoms with Gasteiger partial charge >= 0.3 is 6.09 Å². The number of rotatable bonds is 4. The van der Waals surface area contributed by atoms with Crippen LogP contribution in [0, 0.1) is 0 Å². The van der Waals surface area contributed by atoms with Crippen molar-refractivity contribution in [3.05, 3.63) is 59.7 Å². The van der Waals surface area contributed by atoms with Gasteiger partial charge in [0.05, 0.1) is 19.7 Å². The third-order valence-corrected chi connectivity index (χ3v) is 4.98. The van der Waals surface area contributed by atoms with E-state index in [0.29, 0.717) is 6.61 Å². The molecule has 2 aliphatic rings. The third-order valence-electron chi connectivity index (χ3n) is 4.98. The van der Waals surface area contributed by atoms with E-state index in [1.807, 2.05) is 24.3 Å². The number of amides is 1. The van der Waals surface area contributed by atoms with E-state index in [1.54, 1.807) is 0 Å². The number of β-amino-alcohol motifs (C(OH)–C–C–N with tert-alkyl or cyclic N) is 1. The molecule has 2 aromatic rings. The lowest BCUT2D eigenvalue weighted by Crippen LogP contribution is -2.65. The fourth-order valence-electron chi connectivity index (χ4n) is 3.84. The molecule has 4 rings (SSSR count). The number of methoxy groups -OCH3 is 1. The minimum Gasteiger partial charge on any atom is -0.448 e. The maximum absolute atomic E-state index is 12.2. The van der Waals surface area contributed by atoms with Crippen LogP contribution in [0.5, 0.6) is 0 Å². The second-order valence-corrected chi connectivity index (χ2v) is 6.82. The van der Waals surface area contributed by atoms with E-state index in [0.717, 1.165) is 0 Å². The molecule has 5 heteroatoms. The van der Waals surface area contributed by atoms with Gasteiger partial charge in [0.15, 0.2) is 0 Å². The number of likely N-dealkylation sites (tertiary alicyclic amines) is 1. The summed E-state index contributed by atoms with van der Waals surface area (Å²) >= 11 is 0. The van der Waals surface area contributed by atoms with E-state index in [9.17, 15) is 9.90 Å². The first-order valence-electron chi connectivity index (χ1n) is 8.42. The van der Waals surface area contributed by atoms with Gasteiger partial charge in [-0.1, -0.05) is 48.5 Å². The third kappa shape index (κ3) is 2.79. The number of nitrogens with zero attached hydrogens (tertiary/aromatic N) is 1. The monoisotopic (exact) mass is 339 g/mol. The van der Waals surface area contributed by atoms with Crippen LogP contribution in [0.4, 0.5) is 4.79 Å². The molecular formula is C20H21NO4. The van der Waals surface area contributed by atoms with Gasteiger partial charge in [0.2, 0.25) is 0 Å². The Morgan fingerprint density at radius 1 is 1.12 bits per heavy atom. The molecule has 0 saturated carbocycles. The van der Waals surface area contributed by atoms with Crippen LogP contribution in [0.3, 0.4) is 0 Å². The van der Waals surface area contributed by atoms with Crippen molar-refractivity contribution in [3.8, 4) is 11.1 Å². The van der Waals surface area contributed by atoms with Crippen LogP contribution in [-0.2, 0) is 9.47 Å². The van der Waals surface area contributed by atoms with E-state index < -0.39 is 5.60 Å². The SMILES string of the molecule is COCC1(O)CN(C(=O)OCC2c3ccccc3-c3ccccc32)C1. The van der Waals surface area contributed by atoms with E-state index in [4.69, 9.17) is 9.47 Å². The highest BCUT2D eigenvalue weighted by Crippen LogP contribution is 2.44. The van der Waals surface area contributed by atoms with Crippen LogP contribution in [0.1, 0.15) is 17.0 Å². The summed E-state index contributed by atoms with van der Waals surface area (Å²) < 4.78 is 10.5. The Hall–Kier alpha value is -2.37. The van der Waals surface area contributed by atoms with Crippen molar-refractivity contribution < 1.29 is 19.4 Å². The number of fused-ring (bicyclic) bond motifs is 3. The molecule has 0 spiro atoms. The van der Waals surface area contributed by atoms with Crippen molar-refractivity contribution in [3.63, 3.8) is 0 Å². The Labute approximate surface area is 146 Å². The summed E-state index contributed by atoms with van der Waals surface area (Å²) in [6.45, 7) is 1.02. The first kappa shape index (κ1) is 16.1. The minimum absolute atomic E-state index is 0.0514. The van der Waals surface area contributed by atoms with Crippen LogP contribution >= 0.6 is 0 Å². The Balaban J connectivity index is 1.45. The second-order valence-electron chi connectivity index (χ2n) is 6.82. The molecular weight excluding hydrogens is 318 g/mol. The molecule has 1 N–H and O–H groups in total. The van der Waals surface area contributed by atoms with Gasteiger partial charge in [0, 0.05) is 13.0 Å². The van der Waals surface area contributed by atoms with Crippen molar-refractivity contribution >= 4 is 6.09 Å². The van der Waals surface area contributed by atoms with Crippen molar-refractivity contribution in [1.29, 1.82) is 0 Å². The van der Waals surface area contributed by atoms with Crippen molar-refractivity contribution in [2.24, 2.45) is 0 Å². The molecule has 5 nitrogen and oxygen atoms in total. The van der Waals surface area contributed by atoms with Gasteiger partial charge in [-0.3, -0.25) is 0 Å². The molecule has 1 aliphatic heterocycles. The quantitative estimate of drug-likeness (QED) is 0.930. The van der Waals surface area contributed by atoms with E-state index in [1.165, 1.54) is 34.3 Å². The van der Waals surface area contributed by atoms with Crippen LogP contribution in [0.25, 0.3) is 11.1 Å². The first-order valence-corrected chi connectivity index (χ1v) is 8.42. The summed E-state index contributed by atoms with van der Waals surface area (Å²) in [7, 11) is 1.54. The van der Waals surface area contributed by atoms with Gasteiger partial charge in [0.1, 0.15) is 12.2 Å². The smallest absolute Gasteiger partial charge is 0.409 e. The molecule has 1 aliphatic carbocycles. The highest BCUT2D eigenvalue weighted by Gasteiger charge is 2.44. The lowest BCUT2D eigenvalue weighted by molar-refractivity contribution is -0.123. The number of hydrogen-bond donors (Lipinski definition) is 1. The highest BCUT2D eigenvalue weighted by atomic mass is 16.6. The molecule has 0 radical (unpaired) electrons. The molecule has 0 atom stereocenters. The van der Waals surface area contributed by atoms with E-state index >= 15 is 0 Å². The molecule has 2 aromatic carbocycles. The Morgan fingerprint density at radius 2 is 1.68 bits per heavy atom. The summed E-state index contributed by atoms with van der Waals surface area (Å²) in [6, 6.07) is 16.5. The number of ether oxygens (including phenoxy) is 2. The Kier molecular flexibility index (Phi) is 3.98. The molecule has 0 aromatic heterocycles. The normalized spacial score (nSPS) is 17.6. The van der Waals surface area contributed by atoms with Gasteiger partial charge in [0.25, 0.3) is 0 Å². The van der Waals surface area contributed by atoms with Crippen molar-refractivity contribution in [2.45, 2.75) is 11.5 Å². The number of carbonyl (C=O) groups is 1. The van der Waals surface area contributed by atoms with Gasteiger partial charge < -0.3 is 19.5 Å². The number of hydrogen-bond acceptors (Lipinski definition) is 4. The average Bonchev–Trinajstić information content (AvgIpc) is 2.92. The maximum atomic E-state index is 12.2. The van der Waals surface area contributed by atoms with Crippen LogP contribution in [0.2, 0.25) is 0 Å². The predicted molar refractivity (Wildman–Crippen MR) is 93.5 cm³/mol. The average molecular weight is 339 g/mol.